The summed E-state index contributed by atoms with van der Waals surface area (Å²) < 4.78 is 15.9. The fourth-order valence-electron chi connectivity index (χ4n) is 2.48. The molecule has 1 aromatic carbocycles. The van der Waals surface area contributed by atoms with Gasteiger partial charge >= 0.3 is 0 Å². The first-order chi connectivity index (χ1) is 10.1. The standard InChI is InChI=1S/C16H21ClFN3/c1-3-19-12(7-8-16-20-9-10-21(16)2)11-13-14(17)5-4-6-15(13)18/h4-6,9-10,12,19H,3,7-8,11H2,1-2H3. The second-order valence-electron chi connectivity index (χ2n) is 5.15. The van der Waals surface area contributed by atoms with Gasteiger partial charge in [0.25, 0.3) is 0 Å². The van der Waals surface area contributed by atoms with Gasteiger partial charge in [-0.15, -0.1) is 0 Å². The van der Waals surface area contributed by atoms with E-state index in [-0.39, 0.29) is 11.9 Å². The summed E-state index contributed by atoms with van der Waals surface area (Å²) in [5.41, 5.74) is 0.588. The lowest BCUT2D eigenvalue weighted by Crippen LogP contribution is -2.32. The fourth-order valence-corrected chi connectivity index (χ4v) is 2.72. The van der Waals surface area contributed by atoms with Crippen LogP contribution in [0.15, 0.2) is 30.6 Å². The monoisotopic (exact) mass is 309 g/mol. The number of hydrogen-bond acceptors (Lipinski definition) is 2. The minimum Gasteiger partial charge on any atom is -0.338 e. The summed E-state index contributed by atoms with van der Waals surface area (Å²) in [6, 6.07) is 5.02. The minimum atomic E-state index is -0.234. The number of benzene rings is 1. The highest BCUT2D eigenvalue weighted by atomic mass is 35.5. The Morgan fingerprint density at radius 3 is 2.86 bits per heavy atom. The van der Waals surface area contributed by atoms with E-state index < -0.39 is 0 Å². The highest BCUT2D eigenvalue weighted by Crippen LogP contribution is 2.21. The van der Waals surface area contributed by atoms with Crippen LogP contribution in [-0.2, 0) is 19.9 Å². The van der Waals surface area contributed by atoms with Crippen molar-refractivity contribution >= 4 is 11.6 Å². The molecule has 5 heteroatoms. The van der Waals surface area contributed by atoms with Crippen LogP contribution < -0.4 is 5.32 Å². The number of aromatic nitrogens is 2. The smallest absolute Gasteiger partial charge is 0.127 e. The number of imidazole rings is 1. The Bertz CT molecular complexity index is 562. The molecule has 0 saturated carbocycles. The maximum atomic E-state index is 13.9. The van der Waals surface area contributed by atoms with Crippen LogP contribution in [0.1, 0.15) is 24.7 Å². The SMILES string of the molecule is CCNC(CCc1nccn1C)Cc1c(F)cccc1Cl. The summed E-state index contributed by atoms with van der Waals surface area (Å²) in [7, 11) is 1.98. The highest BCUT2D eigenvalue weighted by molar-refractivity contribution is 6.31. The first-order valence-electron chi connectivity index (χ1n) is 7.24. The molecule has 0 fully saturated rings. The second kappa shape index (κ2) is 7.57. The molecule has 0 radical (unpaired) electrons. The summed E-state index contributed by atoms with van der Waals surface area (Å²) in [5.74, 6) is 0.805. The number of hydrogen-bond donors (Lipinski definition) is 1. The van der Waals surface area contributed by atoms with E-state index in [9.17, 15) is 4.39 Å². The van der Waals surface area contributed by atoms with Crippen LogP contribution in [-0.4, -0.2) is 22.1 Å². The molecule has 0 aliphatic carbocycles. The Kier molecular flexibility index (Phi) is 5.76. The first kappa shape index (κ1) is 16.0. The van der Waals surface area contributed by atoms with Crippen LogP contribution in [0.3, 0.4) is 0 Å². The third-order valence-electron chi connectivity index (χ3n) is 3.64. The van der Waals surface area contributed by atoms with Gasteiger partial charge in [0.1, 0.15) is 11.6 Å². The van der Waals surface area contributed by atoms with Crippen molar-refractivity contribution in [3.8, 4) is 0 Å². The zero-order chi connectivity index (χ0) is 15.2. The second-order valence-corrected chi connectivity index (χ2v) is 5.56. The normalized spacial score (nSPS) is 12.6. The molecule has 0 saturated heterocycles. The van der Waals surface area contributed by atoms with Crippen LogP contribution in [0.5, 0.6) is 0 Å². The molecule has 1 N–H and O–H groups in total. The van der Waals surface area contributed by atoms with Gasteiger partial charge in [-0.2, -0.15) is 0 Å². The van der Waals surface area contributed by atoms with E-state index in [2.05, 4.69) is 17.2 Å². The van der Waals surface area contributed by atoms with Crippen molar-refractivity contribution in [2.24, 2.45) is 7.05 Å². The molecule has 3 nitrogen and oxygen atoms in total. The Morgan fingerprint density at radius 1 is 1.43 bits per heavy atom. The molecule has 1 unspecified atom stereocenters. The predicted octanol–water partition coefficient (Wildman–Crippen LogP) is 3.37. The van der Waals surface area contributed by atoms with E-state index in [0.717, 1.165) is 25.2 Å². The number of rotatable bonds is 7. The van der Waals surface area contributed by atoms with Crippen molar-refractivity contribution in [2.75, 3.05) is 6.54 Å². The zero-order valence-electron chi connectivity index (χ0n) is 12.4. The summed E-state index contributed by atoms with van der Waals surface area (Å²) in [4.78, 5) is 4.33. The van der Waals surface area contributed by atoms with Crippen molar-refractivity contribution in [1.29, 1.82) is 0 Å². The molecular formula is C16H21ClFN3. The molecule has 2 aromatic rings. The van der Waals surface area contributed by atoms with Crippen molar-refractivity contribution in [3.05, 3.63) is 52.8 Å². The topological polar surface area (TPSA) is 29.9 Å². The van der Waals surface area contributed by atoms with E-state index in [0.29, 0.717) is 17.0 Å². The van der Waals surface area contributed by atoms with Crippen molar-refractivity contribution in [2.45, 2.75) is 32.2 Å². The summed E-state index contributed by atoms with van der Waals surface area (Å²) >= 11 is 6.11. The maximum Gasteiger partial charge on any atom is 0.127 e. The molecule has 0 aliphatic rings. The van der Waals surface area contributed by atoms with E-state index in [4.69, 9.17) is 11.6 Å². The van der Waals surface area contributed by atoms with Crippen LogP contribution in [0.2, 0.25) is 5.02 Å². The summed E-state index contributed by atoms with van der Waals surface area (Å²) in [6.45, 7) is 2.90. The lowest BCUT2D eigenvalue weighted by Gasteiger charge is -2.19. The summed E-state index contributed by atoms with van der Waals surface area (Å²) in [6.07, 6.45) is 6.07. The average Bonchev–Trinajstić information content (AvgIpc) is 2.86. The van der Waals surface area contributed by atoms with Crippen molar-refractivity contribution in [3.63, 3.8) is 0 Å². The van der Waals surface area contributed by atoms with Crippen LogP contribution in [0.4, 0.5) is 4.39 Å². The maximum absolute atomic E-state index is 13.9. The van der Waals surface area contributed by atoms with Gasteiger partial charge in [-0.25, -0.2) is 9.37 Å². The van der Waals surface area contributed by atoms with Crippen LogP contribution in [0, 0.1) is 5.82 Å². The molecule has 1 atom stereocenters. The zero-order valence-corrected chi connectivity index (χ0v) is 13.2. The highest BCUT2D eigenvalue weighted by Gasteiger charge is 2.15. The van der Waals surface area contributed by atoms with E-state index in [1.807, 2.05) is 17.8 Å². The molecule has 114 valence electrons. The number of nitrogens with one attached hydrogen (secondary N) is 1. The Labute approximate surface area is 130 Å². The van der Waals surface area contributed by atoms with Gasteiger partial charge in [-0.3, -0.25) is 0 Å². The van der Waals surface area contributed by atoms with Crippen molar-refractivity contribution < 1.29 is 4.39 Å². The van der Waals surface area contributed by atoms with Gasteiger partial charge in [0, 0.05) is 42.5 Å². The molecule has 1 heterocycles. The number of halogens is 2. The molecule has 0 bridgehead atoms. The predicted molar refractivity (Wildman–Crippen MR) is 84.1 cm³/mol. The third kappa shape index (κ3) is 4.29. The van der Waals surface area contributed by atoms with Gasteiger partial charge in [-0.1, -0.05) is 24.6 Å². The van der Waals surface area contributed by atoms with Gasteiger partial charge < -0.3 is 9.88 Å². The largest absolute Gasteiger partial charge is 0.338 e. The molecule has 2 rings (SSSR count). The third-order valence-corrected chi connectivity index (χ3v) is 4.00. The molecule has 1 aromatic heterocycles. The molecule has 21 heavy (non-hydrogen) atoms. The number of aryl methyl sites for hydroxylation is 2. The van der Waals surface area contributed by atoms with E-state index in [1.165, 1.54) is 6.07 Å². The van der Waals surface area contributed by atoms with Gasteiger partial charge in [0.05, 0.1) is 0 Å². The van der Waals surface area contributed by atoms with Gasteiger partial charge in [0.2, 0.25) is 0 Å². The Balaban J connectivity index is 2.03. The first-order valence-corrected chi connectivity index (χ1v) is 7.62. The number of likely N-dealkylation sites (N-methyl/N-ethyl adjacent to an activating group) is 1. The average molecular weight is 310 g/mol. The molecule has 0 aliphatic heterocycles. The fraction of sp³-hybridized carbons (Fsp3) is 0.438. The molecule has 0 spiro atoms. The van der Waals surface area contributed by atoms with E-state index >= 15 is 0 Å². The summed E-state index contributed by atoms with van der Waals surface area (Å²) in [5, 5.41) is 3.90. The van der Waals surface area contributed by atoms with Gasteiger partial charge in [-0.05, 0) is 31.5 Å². The Morgan fingerprint density at radius 2 is 2.24 bits per heavy atom. The Hall–Kier alpha value is -1.39. The minimum absolute atomic E-state index is 0.182. The lowest BCUT2D eigenvalue weighted by atomic mass is 10.0. The molecule has 0 amide bonds. The van der Waals surface area contributed by atoms with Crippen LogP contribution in [0.25, 0.3) is 0 Å². The van der Waals surface area contributed by atoms with E-state index in [1.54, 1.807) is 18.3 Å². The molecular weight excluding hydrogens is 289 g/mol. The van der Waals surface area contributed by atoms with Gasteiger partial charge in [0.15, 0.2) is 0 Å². The quantitative estimate of drug-likeness (QED) is 0.850. The lowest BCUT2D eigenvalue weighted by molar-refractivity contribution is 0.473. The number of nitrogens with zero attached hydrogens (tertiary/aromatic N) is 2. The van der Waals surface area contributed by atoms with Crippen molar-refractivity contribution in [1.82, 2.24) is 14.9 Å². The van der Waals surface area contributed by atoms with Crippen LogP contribution >= 0.6 is 11.6 Å².